The lowest BCUT2D eigenvalue weighted by molar-refractivity contribution is 0.240. The van der Waals surface area contributed by atoms with Crippen molar-refractivity contribution >= 4 is 6.03 Å². The third kappa shape index (κ3) is 3.47. The first-order valence-corrected chi connectivity index (χ1v) is 9.21. The molecule has 0 bridgehead atoms. The number of ether oxygens (including phenoxy) is 2. The van der Waals surface area contributed by atoms with Gasteiger partial charge in [0.05, 0.1) is 13.2 Å². The monoisotopic (exact) mass is 352 g/mol. The Morgan fingerprint density at radius 2 is 2.00 bits per heavy atom. The van der Waals surface area contributed by atoms with Crippen molar-refractivity contribution in [2.75, 3.05) is 19.8 Å². The summed E-state index contributed by atoms with van der Waals surface area (Å²) in [5.41, 5.74) is 5.96. The maximum absolute atomic E-state index is 12.1. The second-order valence-corrected chi connectivity index (χ2v) is 6.87. The molecule has 0 unspecified atom stereocenters. The number of fused-ring (bicyclic) bond motifs is 2. The molecule has 5 heteroatoms. The van der Waals surface area contributed by atoms with Gasteiger partial charge in [0.25, 0.3) is 0 Å². The molecule has 5 nitrogen and oxygen atoms in total. The molecule has 0 atom stereocenters. The SMILES string of the molecule is Cc1cccc(CNC(=O)NCCc2c3c(cc4c2OCC4)OCC3)c1. The van der Waals surface area contributed by atoms with Gasteiger partial charge in [0, 0.05) is 42.6 Å². The first-order valence-electron chi connectivity index (χ1n) is 9.21. The summed E-state index contributed by atoms with van der Waals surface area (Å²) >= 11 is 0. The number of hydrogen-bond donors (Lipinski definition) is 2. The lowest BCUT2D eigenvalue weighted by Gasteiger charge is -2.14. The number of carbonyl (C=O) groups excluding carboxylic acids is 1. The van der Waals surface area contributed by atoms with E-state index in [4.69, 9.17) is 9.47 Å². The van der Waals surface area contributed by atoms with Crippen molar-refractivity contribution in [1.82, 2.24) is 10.6 Å². The molecule has 0 radical (unpaired) electrons. The fraction of sp³-hybridized carbons (Fsp3) is 0.381. The third-order valence-electron chi connectivity index (χ3n) is 4.96. The molecule has 2 aromatic rings. The van der Waals surface area contributed by atoms with Gasteiger partial charge in [-0.1, -0.05) is 29.8 Å². The van der Waals surface area contributed by atoms with Crippen molar-refractivity contribution in [2.45, 2.75) is 32.7 Å². The zero-order valence-electron chi connectivity index (χ0n) is 15.1. The van der Waals surface area contributed by atoms with Crippen molar-refractivity contribution in [1.29, 1.82) is 0 Å². The van der Waals surface area contributed by atoms with E-state index in [-0.39, 0.29) is 6.03 Å². The highest BCUT2D eigenvalue weighted by Crippen LogP contribution is 2.40. The molecule has 2 aliphatic rings. The van der Waals surface area contributed by atoms with Crippen LogP contribution in [0.5, 0.6) is 11.5 Å². The van der Waals surface area contributed by atoms with Crippen molar-refractivity contribution in [2.24, 2.45) is 0 Å². The number of rotatable bonds is 5. The van der Waals surface area contributed by atoms with Crippen LogP contribution in [0.25, 0.3) is 0 Å². The van der Waals surface area contributed by atoms with Gasteiger partial charge in [-0.05, 0) is 25.0 Å². The summed E-state index contributed by atoms with van der Waals surface area (Å²) < 4.78 is 11.6. The number of aryl methyl sites for hydroxylation is 1. The number of urea groups is 1. The summed E-state index contributed by atoms with van der Waals surface area (Å²) in [4.78, 5) is 12.1. The predicted octanol–water partition coefficient (Wildman–Crippen LogP) is 2.91. The molecule has 2 aromatic carbocycles. The highest BCUT2D eigenvalue weighted by atomic mass is 16.5. The Morgan fingerprint density at radius 3 is 2.88 bits per heavy atom. The van der Waals surface area contributed by atoms with E-state index in [2.05, 4.69) is 22.8 Å². The summed E-state index contributed by atoms with van der Waals surface area (Å²) in [6.07, 6.45) is 2.61. The largest absolute Gasteiger partial charge is 0.493 e. The smallest absolute Gasteiger partial charge is 0.315 e. The van der Waals surface area contributed by atoms with Gasteiger partial charge in [-0.3, -0.25) is 0 Å². The Kier molecular flexibility index (Phi) is 4.69. The maximum atomic E-state index is 12.1. The zero-order chi connectivity index (χ0) is 17.9. The minimum absolute atomic E-state index is 0.145. The molecule has 2 heterocycles. The van der Waals surface area contributed by atoms with E-state index in [1.54, 1.807) is 0 Å². The zero-order valence-corrected chi connectivity index (χ0v) is 15.1. The summed E-state index contributed by atoms with van der Waals surface area (Å²) in [7, 11) is 0. The van der Waals surface area contributed by atoms with E-state index in [0.717, 1.165) is 49.5 Å². The Bertz CT molecular complexity index is 800. The highest BCUT2D eigenvalue weighted by Gasteiger charge is 2.26. The van der Waals surface area contributed by atoms with Gasteiger partial charge >= 0.3 is 6.03 Å². The molecule has 26 heavy (non-hydrogen) atoms. The van der Waals surface area contributed by atoms with Crippen LogP contribution >= 0.6 is 0 Å². The van der Waals surface area contributed by atoms with Crippen LogP contribution in [0, 0.1) is 6.92 Å². The van der Waals surface area contributed by atoms with Crippen LogP contribution < -0.4 is 20.1 Å². The van der Waals surface area contributed by atoms with Crippen molar-refractivity contribution in [3.63, 3.8) is 0 Å². The number of nitrogens with one attached hydrogen (secondary N) is 2. The molecule has 2 N–H and O–H groups in total. The lowest BCUT2D eigenvalue weighted by Crippen LogP contribution is -2.36. The molecular formula is C21H24N2O3. The van der Waals surface area contributed by atoms with Gasteiger partial charge in [-0.25, -0.2) is 4.79 Å². The summed E-state index contributed by atoms with van der Waals surface area (Å²) in [6, 6.07) is 10.1. The number of benzene rings is 2. The molecule has 0 fully saturated rings. The van der Waals surface area contributed by atoms with Crippen LogP contribution in [-0.4, -0.2) is 25.8 Å². The normalized spacial score (nSPS) is 14.2. The van der Waals surface area contributed by atoms with Crippen molar-refractivity contribution in [3.05, 3.63) is 58.1 Å². The number of amides is 2. The van der Waals surface area contributed by atoms with Gasteiger partial charge in [-0.2, -0.15) is 0 Å². The van der Waals surface area contributed by atoms with E-state index in [0.29, 0.717) is 13.1 Å². The second kappa shape index (κ2) is 7.28. The van der Waals surface area contributed by atoms with E-state index in [9.17, 15) is 4.79 Å². The van der Waals surface area contributed by atoms with Gasteiger partial charge in [0.2, 0.25) is 0 Å². The predicted molar refractivity (Wildman–Crippen MR) is 100.0 cm³/mol. The van der Waals surface area contributed by atoms with Gasteiger partial charge in [0.15, 0.2) is 0 Å². The van der Waals surface area contributed by atoms with E-state index in [1.807, 2.05) is 25.1 Å². The molecule has 4 rings (SSSR count). The van der Waals surface area contributed by atoms with Crippen molar-refractivity contribution < 1.29 is 14.3 Å². The average molecular weight is 352 g/mol. The fourth-order valence-electron chi connectivity index (χ4n) is 3.72. The van der Waals surface area contributed by atoms with Crippen LogP contribution in [0.15, 0.2) is 30.3 Å². The van der Waals surface area contributed by atoms with Crippen molar-refractivity contribution in [3.8, 4) is 11.5 Å². The molecule has 0 saturated carbocycles. The van der Waals surface area contributed by atoms with Crippen LogP contribution in [0.2, 0.25) is 0 Å². The summed E-state index contributed by atoms with van der Waals surface area (Å²) in [5.74, 6) is 2.00. The number of carbonyl (C=O) groups is 1. The van der Waals surface area contributed by atoms with Crippen LogP contribution in [0.4, 0.5) is 4.79 Å². The summed E-state index contributed by atoms with van der Waals surface area (Å²) in [5, 5.41) is 5.86. The minimum Gasteiger partial charge on any atom is -0.493 e. The third-order valence-corrected chi connectivity index (χ3v) is 4.96. The van der Waals surface area contributed by atoms with E-state index >= 15 is 0 Å². The molecule has 136 valence electrons. The van der Waals surface area contributed by atoms with E-state index in [1.165, 1.54) is 22.3 Å². The van der Waals surface area contributed by atoms with Crippen LogP contribution in [-0.2, 0) is 25.8 Å². The van der Waals surface area contributed by atoms with Crippen LogP contribution in [0.3, 0.4) is 0 Å². The Hall–Kier alpha value is -2.69. The van der Waals surface area contributed by atoms with Gasteiger partial charge in [0.1, 0.15) is 11.5 Å². The molecule has 0 saturated heterocycles. The van der Waals surface area contributed by atoms with Gasteiger partial charge < -0.3 is 20.1 Å². The fourth-order valence-corrected chi connectivity index (χ4v) is 3.72. The Labute approximate surface area is 153 Å². The molecule has 0 aromatic heterocycles. The summed E-state index contributed by atoms with van der Waals surface area (Å²) in [6.45, 7) is 4.61. The van der Waals surface area contributed by atoms with Gasteiger partial charge in [-0.15, -0.1) is 0 Å². The van der Waals surface area contributed by atoms with E-state index < -0.39 is 0 Å². The second-order valence-electron chi connectivity index (χ2n) is 6.87. The molecule has 0 spiro atoms. The number of hydrogen-bond acceptors (Lipinski definition) is 3. The minimum atomic E-state index is -0.145. The first kappa shape index (κ1) is 16.8. The average Bonchev–Trinajstić information content (AvgIpc) is 3.28. The first-order chi connectivity index (χ1) is 12.7. The Morgan fingerprint density at radius 1 is 1.12 bits per heavy atom. The topological polar surface area (TPSA) is 59.6 Å². The molecule has 2 aliphatic heterocycles. The lowest BCUT2D eigenvalue weighted by atomic mass is 9.97. The molecular weight excluding hydrogens is 328 g/mol. The quantitative estimate of drug-likeness (QED) is 0.870. The highest BCUT2D eigenvalue weighted by molar-refractivity contribution is 5.73. The Balaban J connectivity index is 1.33. The standard InChI is InChI=1S/C21H24N2O3/c1-14-3-2-4-15(11-14)13-23-21(24)22-8-5-18-17-7-10-25-19(17)12-16-6-9-26-20(16)18/h2-4,11-12H,5-10,13H2,1H3,(H2,22,23,24). The van der Waals surface area contributed by atoms with Crippen LogP contribution in [0.1, 0.15) is 27.8 Å². The molecule has 2 amide bonds. The maximum Gasteiger partial charge on any atom is 0.315 e. The molecule has 0 aliphatic carbocycles.